The molecule has 3 aliphatic rings. The molecule has 3 rings (SSSR count). The fourth-order valence-corrected chi connectivity index (χ4v) is 4.30. The van der Waals surface area contributed by atoms with Crippen LogP contribution < -0.4 is 0 Å². The molecule has 1 saturated heterocycles. The Labute approximate surface area is 110 Å². The summed E-state index contributed by atoms with van der Waals surface area (Å²) in [6.07, 6.45) is -1.98. The van der Waals surface area contributed by atoms with Gasteiger partial charge < -0.3 is 25.2 Å². The molecule has 1 heterocycles. The predicted molar refractivity (Wildman–Crippen MR) is 62.9 cm³/mol. The third-order valence-electron chi connectivity index (χ3n) is 5.70. The second-order valence-corrected chi connectivity index (χ2v) is 7.40. The second-order valence-electron chi connectivity index (χ2n) is 6.93. The number of alkyl halides is 1. The Hall–Kier alpha value is 0.0900. The third kappa shape index (κ3) is 0.865. The number of rotatable bonds is 1. The van der Waals surface area contributed by atoms with Gasteiger partial charge in [-0.2, -0.15) is 0 Å². The van der Waals surface area contributed by atoms with Gasteiger partial charge in [-0.1, -0.05) is 27.7 Å². The summed E-state index contributed by atoms with van der Waals surface area (Å²) in [4.78, 5) is 0. The number of halogens is 1. The van der Waals surface area contributed by atoms with Gasteiger partial charge in [-0.3, -0.25) is 0 Å². The van der Waals surface area contributed by atoms with Gasteiger partial charge in [0, 0.05) is 5.41 Å². The molecule has 1 unspecified atom stereocenters. The highest BCUT2D eigenvalue weighted by Crippen LogP contribution is 2.76. The lowest BCUT2D eigenvalue weighted by molar-refractivity contribution is -0.198. The van der Waals surface area contributed by atoms with E-state index < -0.39 is 45.4 Å². The number of hydrogen-bond donors (Lipinski definition) is 4. The van der Waals surface area contributed by atoms with Crippen LogP contribution in [0.2, 0.25) is 0 Å². The predicted octanol–water partition coefficient (Wildman–Crippen LogP) is -0.416. The van der Waals surface area contributed by atoms with Crippen molar-refractivity contribution in [3.8, 4) is 0 Å². The van der Waals surface area contributed by atoms with Gasteiger partial charge in [0.2, 0.25) is 5.79 Å². The minimum absolute atomic E-state index is 0.765. The molecule has 0 aromatic heterocycles. The molecule has 0 radical (unpaired) electrons. The maximum Gasteiger partial charge on any atom is 0.205 e. The Morgan fingerprint density at radius 2 is 1.50 bits per heavy atom. The van der Waals surface area contributed by atoms with Gasteiger partial charge in [-0.05, 0) is 0 Å². The average molecular weight is 279 g/mol. The first-order valence-corrected chi connectivity index (χ1v) is 6.51. The molecule has 3 fully saturated rings. The van der Waals surface area contributed by atoms with Crippen LogP contribution in [0.15, 0.2) is 0 Å². The Bertz CT molecular complexity index is 438. The lowest BCUT2D eigenvalue weighted by Gasteiger charge is -2.30. The van der Waals surface area contributed by atoms with E-state index in [0.29, 0.717) is 0 Å². The van der Waals surface area contributed by atoms with E-state index in [4.69, 9.17) is 16.3 Å². The van der Waals surface area contributed by atoms with Crippen molar-refractivity contribution < 1.29 is 25.2 Å². The largest absolute Gasteiger partial charge is 0.389 e. The van der Waals surface area contributed by atoms with Gasteiger partial charge in [0.25, 0.3) is 0 Å². The molecule has 0 aromatic carbocycles. The molecule has 0 spiro atoms. The molecule has 0 bridgehead atoms. The molecule has 5 nitrogen and oxygen atoms in total. The monoisotopic (exact) mass is 278 g/mol. The first kappa shape index (κ1) is 13.1. The van der Waals surface area contributed by atoms with E-state index in [9.17, 15) is 20.4 Å². The zero-order valence-electron chi connectivity index (χ0n) is 10.8. The summed E-state index contributed by atoms with van der Waals surface area (Å²) in [7, 11) is 0. The van der Waals surface area contributed by atoms with Crippen molar-refractivity contribution in [2.45, 2.75) is 62.3 Å². The van der Waals surface area contributed by atoms with Gasteiger partial charge >= 0.3 is 0 Å². The van der Waals surface area contributed by atoms with Crippen LogP contribution in [0.3, 0.4) is 0 Å². The minimum atomic E-state index is -1.76. The Morgan fingerprint density at radius 1 is 1.06 bits per heavy atom. The van der Waals surface area contributed by atoms with Crippen LogP contribution in [0, 0.1) is 10.8 Å². The number of aliphatic hydroxyl groups excluding tert-OH is 1. The van der Waals surface area contributed by atoms with Crippen molar-refractivity contribution in [1.82, 2.24) is 0 Å². The molecule has 6 heteroatoms. The first-order valence-electron chi connectivity index (χ1n) is 6.08. The van der Waals surface area contributed by atoms with Crippen molar-refractivity contribution in [3.05, 3.63) is 0 Å². The molecular weight excluding hydrogens is 260 g/mol. The molecule has 0 aromatic rings. The normalized spacial score (nSPS) is 63.5. The van der Waals surface area contributed by atoms with E-state index >= 15 is 0 Å². The number of aliphatic hydroxyl groups is 4. The lowest BCUT2D eigenvalue weighted by atomic mass is 9.93. The van der Waals surface area contributed by atoms with Crippen molar-refractivity contribution in [2.24, 2.45) is 10.8 Å². The minimum Gasteiger partial charge on any atom is -0.389 e. The van der Waals surface area contributed by atoms with E-state index in [1.54, 1.807) is 27.7 Å². The quantitative estimate of drug-likeness (QED) is 0.490. The summed E-state index contributed by atoms with van der Waals surface area (Å²) >= 11 is 6.20. The third-order valence-corrected chi connectivity index (χ3v) is 6.24. The van der Waals surface area contributed by atoms with E-state index in [2.05, 4.69) is 0 Å². The summed E-state index contributed by atoms with van der Waals surface area (Å²) in [5, 5.41) is 40.1. The van der Waals surface area contributed by atoms with E-state index in [1.165, 1.54) is 0 Å². The molecular formula is C12H19ClO5. The van der Waals surface area contributed by atoms with Crippen LogP contribution in [0.5, 0.6) is 0 Å². The highest BCUT2D eigenvalue weighted by Gasteiger charge is 2.95. The number of hydrogen-bond acceptors (Lipinski definition) is 5. The van der Waals surface area contributed by atoms with Crippen LogP contribution >= 0.6 is 11.6 Å². The summed E-state index contributed by atoms with van der Waals surface area (Å²) in [6.45, 7) is 6.68. The van der Waals surface area contributed by atoms with Gasteiger partial charge in [-0.15, -0.1) is 11.6 Å². The van der Waals surface area contributed by atoms with Crippen molar-refractivity contribution in [2.75, 3.05) is 0 Å². The maximum atomic E-state index is 10.5. The fraction of sp³-hybridized carbons (Fsp3) is 1.00. The molecule has 6 atom stereocenters. The first-order chi connectivity index (χ1) is 7.90. The molecule has 104 valence electrons. The van der Waals surface area contributed by atoms with Crippen LogP contribution in [0.25, 0.3) is 0 Å². The average Bonchev–Trinajstić information content (AvgIpc) is 2.72. The van der Waals surface area contributed by atoms with Gasteiger partial charge in [-0.25, -0.2) is 0 Å². The fourth-order valence-electron chi connectivity index (χ4n) is 3.64. The lowest BCUT2D eigenvalue weighted by Crippen LogP contribution is -2.47. The molecule has 2 aliphatic carbocycles. The van der Waals surface area contributed by atoms with Crippen LogP contribution in [-0.4, -0.2) is 55.0 Å². The smallest absolute Gasteiger partial charge is 0.205 e. The summed E-state index contributed by atoms with van der Waals surface area (Å²) in [5.74, 6) is -1.76. The summed E-state index contributed by atoms with van der Waals surface area (Å²) < 4.78 is 5.45. The van der Waals surface area contributed by atoms with Crippen molar-refractivity contribution in [1.29, 1.82) is 0 Å². The maximum absolute atomic E-state index is 10.5. The number of ether oxygens (including phenoxy) is 1. The van der Waals surface area contributed by atoms with E-state index in [1.807, 2.05) is 0 Å². The second kappa shape index (κ2) is 2.75. The van der Waals surface area contributed by atoms with Gasteiger partial charge in [0.1, 0.15) is 17.3 Å². The molecule has 2 saturated carbocycles. The van der Waals surface area contributed by atoms with Gasteiger partial charge in [0.05, 0.1) is 16.9 Å². The topological polar surface area (TPSA) is 90.2 Å². The van der Waals surface area contributed by atoms with Crippen LogP contribution in [0.1, 0.15) is 27.7 Å². The summed E-state index contributed by atoms with van der Waals surface area (Å²) in [5.41, 5.74) is -4.78. The van der Waals surface area contributed by atoms with E-state index in [-0.39, 0.29) is 0 Å². The molecule has 4 N–H and O–H groups in total. The molecule has 0 amide bonds. The van der Waals surface area contributed by atoms with Crippen LogP contribution in [-0.2, 0) is 4.74 Å². The Morgan fingerprint density at radius 3 is 1.78 bits per heavy atom. The van der Waals surface area contributed by atoms with E-state index in [0.717, 1.165) is 0 Å². The summed E-state index contributed by atoms with van der Waals surface area (Å²) in [6, 6.07) is 0. The Kier molecular flexibility index (Phi) is 2.00. The number of fused-ring (bicyclic) bond motifs is 1. The van der Waals surface area contributed by atoms with Crippen molar-refractivity contribution in [3.63, 3.8) is 0 Å². The standard InChI is InChI=1S/C12H19ClO5/c1-8(2)7(14)10(8,15)6-5(13)11(16)9(3,4)12(11,17)18-6/h5-7,14-17H,1-4H3/t5-,6-,7?,10-,11-,12-/m0/s1. The molecule has 18 heavy (non-hydrogen) atoms. The highest BCUT2D eigenvalue weighted by molar-refractivity contribution is 6.23. The zero-order valence-corrected chi connectivity index (χ0v) is 11.6. The van der Waals surface area contributed by atoms with Crippen LogP contribution in [0.4, 0.5) is 0 Å². The molecule has 1 aliphatic heterocycles. The zero-order chi connectivity index (χ0) is 13.9. The highest BCUT2D eigenvalue weighted by atomic mass is 35.5. The Balaban J connectivity index is 1.95. The van der Waals surface area contributed by atoms with Gasteiger partial charge in [0.15, 0.2) is 0 Å². The van der Waals surface area contributed by atoms with Crippen molar-refractivity contribution >= 4 is 11.6 Å². The SMILES string of the molecule is CC1(C)C(O)[C@@]1(O)[C@H]1O[C@@]2(O)C(C)(C)[C@@]2(O)[C@H]1Cl.